The Hall–Kier alpha value is -0.120. The Labute approximate surface area is 87.4 Å². The van der Waals surface area contributed by atoms with E-state index in [1.54, 1.807) is 0 Å². The van der Waals surface area contributed by atoms with E-state index >= 15 is 0 Å². The van der Waals surface area contributed by atoms with Gasteiger partial charge in [0.05, 0.1) is 0 Å². The molecule has 0 unspecified atom stereocenters. The van der Waals surface area contributed by atoms with Crippen LogP contribution in [0.4, 0.5) is 0 Å². The molecule has 2 saturated heterocycles. The Morgan fingerprint density at radius 1 is 1.29 bits per heavy atom. The Balaban J connectivity index is 1.52. The summed E-state index contributed by atoms with van der Waals surface area (Å²) in [6.07, 6.45) is 4.18. The SMILES string of the molecule is CN(CCCN1CCCC1)C1CNC1. The van der Waals surface area contributed by atoms with Crippen molar-refractivity contribution in [3.63, 3.8) is 0 Å². The summed E-state index contributed by atoms with van der Waals surface area (Å²) in [6.45, 7) is 7.65. The van der Waals surface area contributed by atoms with Gasteiger partial charge in [-0.05, 0) is 52.5 Å². The first-order valence-electron chi connectivity index (χ1n) is 5.99. The predicted molar refractivity (Wildman–Crippen MR) is 59.6 cm³/mol. The second kappa shape index (κ2) is 5.10. The summed E-state index contributed by atoms with van der Waals surface area (Å²) >= 11 is 0. The van der Waals surface area contributed by atoms with Gasteiger partial charge in [-0.25, -0.2) is 0 Å². The minimum absolute atomic E-state index is 0.813. The molecular weight excluding hydrogens is 174 g/mol. The van der Waals surface area contributed by atoms with Crippen LogP contribution in [0.2, 0.25) is 0 Å². The van der Waals surface area contributed by atoms with Gasteiger partial charge in [-0.15, -0.1) is 0 Å². The number of nitrogens with zero attached hydrogens (tertiary/aromatic N) is 2. The summed E-state index contributed by atoms with van der Waals surface area (Å²) in [5.41, 5.74) is 0. The molecule has 14 heavy (non-hydrogen) atoms. The number of rotatable bonds is 5. The number of hydrogen-bond acceptors (Lipinski definition) is 3. The van der Waals surface area contributed by atoms with Crippen LogP contribution in [0.3, 0.4) is 0 Å². The Bertz CT molecular complexity index is 162. The lowest BCUT2D eigenvalue weighted by Crippen LogP contribution is -2.56. The van der Waals surface area contributed by atoms with Crippen LogP contribution < -0.4 is 5.32 Å². The Morgan fingerprint density at radius 3 is 2.57 bits per heavy atom. The number of nitrogens with one attached hydrogen (secondary N) is 1. The van der Waals surface area contributed by atoms with Crippen LogP contribution in [0.1, 0.15) is 19.3 Å². The van der Waals surface area contributed by atoms with Gasteiger partial charge in [-0.3, -0.25) is 0 Å². The van der Waals surface area contributed by atoms with Gasteiger partial charge in [-0.2, -0.15) is 0 Å². The molecule has 0 aromatic carbocycles. The highest BCUT2D eigenvalue weighted by Gasteiger charge is 2.21. The predicted octanol–water partition coefficient (Wildman–Crippen LogP) is 0.376. The molecule has 0 aromatic rings. The molecule has 3 heteroatoms. The molecule has 2 aliphatic heterocycles. The zero-order chi connectivity index (χ0) is 9.80. The van der Waals surface area contributed by atoms with E-state index in [4.69, 9.17) is 0 Å². The third kappa shape index (κ3) is 2.69. The molecule has 0 saturated carbocycles. The highest BCUT2D eigenvalue weighted by atomic mass is 15.2. The minimum Gasteiger partial charge on any atom is -0.314 e. The zero-order valence-electron chi connectivity index (χ0n) is 9.34. The standard InChI is InChI=1S/C11H23N3/c1-13(11-9-12-10-11)5-4-8-14-6-2-3-7-14/h11-12H,2-10H2,1H3. The maximum atomic E-state index is 3.32. The lowest BCUT2D eigenvalue weighted by molar-refractivity contribution is 0.171. The summed E-state index contributed by atoms with van der Waals surface area (Å²) in [4.78, 5) is 5.11. The van der Waals surface area contributed by atoms with Gasteiger partial charge in [-0.1, -0.05) is 0 Å². The highest BCUT2D eigenvalue weighted by Crippen LogP contribution is 2.08. The molecule has 0 amide bonds. The van der Waals surface area contributed by atoms with Gasteiger partial charge >= 0.3 is 0 Å². The quantitative estimate of drug-likeness (QED) is 0.687. The van der Waals surface area contributed by atoms with Gasteiger partial charge in [0.25, 0.3) is 0 Å². The van der Waals surface area contributed by atoms with E-state index in [9.17, 15) is 0 Å². The first kappa shape index (κ1) is 10.4. The summed E-state index contributed by atoms with van der Waals surface area (Å²) in [6, 6.07) is 0.813. The smallest absolute Gasteiger partial charge is 0.0342 e. The largest absolute Gasteiger partial charge is 0.314 e. The van der Waals surface area contributed by atoms with Crippen molar-refractivity contribution in [2.45, 2.75) is 25.3 Å². The van der Waals surface area contributed by atoms with Crippen molar-refractivity contribution in [2.75, 3.05) is 46.3 Å². The molecule has 1 N–H and O–H groups in total. The number of likely N-dealkylation sites (N-methyl/N-ethyl adjacent to an activating group) is 1. The first-order chi connectivity index (χ1) is 6.86. The molecule has 2 fully saturated rings. The maximum Gasteiger partial charge on any atom is 0.0342 e. The molecule has 2 rings (SSSR count). The summed E-state index contributed by atoms with van der Waals surface area (Å²) in [7, 11) is 2.26. The van der Waals surface area contributed by atoms with Crippen LogP contribution in [-0.4, -0.2) is 62.2 Å². The van der Waals surface area contributed by atoms with Crippen molar-refractivity contribution in [2.24, 2.45) is 0 Å². The zero-order valence-corrected chi connectivity index (χ0v) is 9.34. The molecule has 2 aliphatic rings. The van der Waals surface area contributed by atoms with Crippen LogP contribution in [0.5, 0.6) is 0 Å². The van der Waals surface area contributed by atoms with E-state index in [0.29, 0.717) is 0 Å². The van der Waals surface area contributed by atoms with E-state index < -0.39 is 0 Å². The van der Waals surface area contributed by atoms with Crippen LogP contribution in [0.15, 0.2) is 0 Å². The third-order valence-electron chi connectivity index (χ3n) is 3.57. The van der Waals surface area contributed by atoms with Crippen molar-refractivity contribution >= 4 is 0 Å². The Morgan fingerprint density at radius 2 is 2.00 bits per heavy atom. The second-order valence-electron chi connectivity index (χ2n) is 4.69. The third-order valence-corrected chi connectivity index (χ3v) is 3.57. The van der Waals surface area contributed by atoms with Gasteiger partial charge in [0.1, 0.15) is 0 Å². The van der Waals surface area contributed by atoms with Crippen LogP contribution in [0.25, 0.3) is 0 Å². The lowest BCUT2D eigenvalue weighted by Gasteiger charge is -2.35. The van der Waals surface area contributed by atoms with E-state index in [-0.39, 0.29) is 0 Å². The van der Waals surface area contributed by atoms with Crippen LogP contribution >= 0.6 is 0 Å². The highest BCUT2D eigenvalue weighted by molar-refractivity contribution is 4.82. The van der Waals surface area contributed by atoms with Crippen LogP contribution in [0, 0.1) is 0 Å². The molecule has 0 radical (unpaired) electrons. The molecule has 2 heterocycles. The first-order valence-corrected chi connectivity index (χ1v) is 5.99. The average molecular weight is 197 g/mol. The van der Waals surface area contributed by atoms with Crippen LogP contribution in [-0.2, 0) is 0 Å². The monoisotopic (exact) mass is 197 g/mol. The minimum atomic E-state index is 0.813. The van der Waals surface area contributed by atoms with Gasteiger partial charge < -0.3 is 15.1 Å². The number of likely N-dealkylation sites (tertiary alicyclic amines) is 1. The Kier molecular flexibility index (Phi) is 3.79. The summed E-state index contributed by atoms with van der Waals surface area (Å²) in [5, 5.41) is 3.32. The maximum absolute atomic E-state index is 3.32. The molecule has 0 atom stereocenters. The average Bonchev–Trinajstić information content (AvgIpc) is 2.53. The fraction of sp³-hybridized carbons (Fsp3) is 1.00. The molecule has 0 aliphatic carbocycles. The molecule has 0 spiro atoms. The van der Waals surface area contributed by atoms with Gasteiger partial charge in [0, 0.05) is 19.1 Å². The fourth-order valence-electron chi connectivity index (χ4n) is 2.32. The topological polar surface area (TPSA) is 18.5 Å². The lowest BCUT2D eigenvalue weighted by atomic mass is 10.1. The van der Waals surface area contributed by atoms with Gasteiger partial charge in [0.2, 0.25) is 0 Å². The van der Waals surface area contributed by atoms with Crippen molar-refractivity contribution in [1.29, 1.82) is 0 Å². The van der Waals surface area contributed by atoms with E-state index in [1.165, 1.54) is 58.5 Å². The van der Waals surface area contributed by atoms with E-state index in [2.05, 4.69) is 22.2 Å². The van der Waals surface area contributed by atoms with Crippen molar-refractivity contribution in [1.82, 2.24) is 15.1 Å². The van der Waals surface area contributed by atoms with Crippen molar-refractivity contribution in [3.8, 4) is 0 Å². The van der Waals surface area contributed by atoms with E-state index in [0.717, 1.165) is 6.04 Å². The normalized spacial score (nSPS) is 24.4. The molecule has 3 nitrogen and oxygen atoms in total. The molecule has 0 aromatic heterocycles. The molecule has 82 valence electrons. The van der Waals surface area contributed by atoms with Crippen molar-refractivity contribution < 1.29 is 0 Å². The fourth-order valence-corrected chi connectivity index (χ4v) is 2.32. The second-order valence-corrected chi connectivity index (χ2v) is 4.69. The van der Waals surface area contributed by atoms with E-state index in [1.807, 2.05) is 0 Å². The van der Waals surface area contributed by atoms with Gasteiger partial charge in [0.15, 0.2) is 0 Å². The summed E-state index contributed by atoms with van der Waals surface area (Å²) < 4.78 is 0. The molecule has 0 bridgehead atoms. The van der Waals surface area contributed by atoms with Crippen molar-refractivity contribution in [3.05, 3.63) is 0 Å². The summed E-state index contributed by atoms with van der Waals surface area (Å²) in [5.74, 6) is 0. The number of hydrogen-bond donors (Lipinski definition) is 1. The molecular formula is C11H23N3.